The van der Waals surface area contributed by atoms with E-state index in [0.717, 1.165) is 16.8 Å². The Bertz CT molecular complexity index is 884. The lowest BCUT2D eigenvalue weighted by Crippen LogP contribution is -2.03. The molecule has 0 bridgehead atoms. The minimum atomic E-state index is -0.259. The van der Waals surface area contributed by atoms with Crippen LogP contribution in [0.25, 0.3) is 0 Å². The van der Waals surface area contributed by atoms with Crippen molar-refractivity contribution >= 4 is 17.3 Å². The van der Waals surface area contributed by atoms with Crippen LogP contribution in [-0.4, -0.2) is 6.61 Å². The molecule has 27 heavy (non-hydrogen) atoms. The Balaban J connectivity index is 1.67. The summed E-state index contributed by atoms with van der Waals surface area (Å²) >= 11 is 6.01. The lowest BCUT2D eigenvalue weighted by atomic mass is 10.2. The Morgan fingerprint density at radius 1 is 0.889 bits per heavy atom. The van der Waals surface area contributed by atoms with Gasteiger partial charge in [-0.05, 0) is 60.5 Å². The Morgan fingerprint density at radius 3 is 2.41 bits per heavy atom. The van der Waals surface area contributed by atoms with Crippen molar-refractivity contribution in [1.29, 1.82) is 0 Å². The third-order valence-corrected chi connectivity index (χ3v) is 4.17. The number of anilines is 1. The molecule has 3 nitrogen and oxygen atoms in total. The average Bonchev–Trinajstić information content (AvgIpc) is 2.67. The predicted molar refractivity (Wildman–Crippen MR) is 107 cm³/mol. The number of halogens is 2. The van der Waals surface area contributed by atoms with Crippen LogP contribution in [0.4, 0.5) is 10.1 Å². The first-order valence-corrected chi connectivity index (χ1v) is 9.14. The Labute approximate surface area is 163 Å². The van der Waals surface area contributed by atoms with Crippen molar-refractivity contribution < 1.29 is 13.9 Å². The molecular formula is C22H21ClFNO2. The predicted octanol–water partition coefficient (Wildman–Crippen LogP) is 6.07. The number of rotatable bonds is 8. The molecule has 0 saturated carbocycles. The average molecular weight is 386 g/mol. The summed E-state index contributed by atoms with van der Waals surface area (Å²) in [5.74, 6) is 1.09. The fraction of sp³-hybridized carbons (Fsp3) is 0.182. The largest absolute Gasteiger partial charge is 0.490 e. The molecule has 0 unspecified atom stereocenters. The second kappa shape index (κ2) is 9.28. The molecule has 5 heteroatoms. The molecule has 0 aliphatic carbocycles. The van der Waals surface area contributed by atoms with E-state index in [9.17, 15) is 4.39 Å². The summed E-state index contributed by atoms with van der Waals surface area (Å²) in [7, 11) is 0. The molecule has 0 amide bonds. The maximum Gasteiger partial charge on any atom is 0.161 e. The van der Waals surface area contributed by atoms with E-state index in [2.05, 4.69) is 5.32 Å². The third kappa shape index (κ3) is 5.63. The van der Waals surface area contributed by atoms with Gasteiger partial charge >= 0.3 is 0 Å². The van der Waals surface area contributed by atoms with Gasteiger partial charge in [0.25, 0.3) is 0 Å². The Morgan fingerprint density at radius 2 is 1.67 bits per heavy atom. The van der Waals surface area contributed by atoms with Crippen molar-refractivity contribution in [2.24, 2.45) is 0 Å². The van der Waals surface area contributed by atoms with Crippen LogP contribution in [0.3, 0.4) is 0 Å². The van der Waals surface area contributed by atoms with Gasteiger partial charge in [-0.2, -0.15) is 0 Å². The molecule has 0 saturated heterocycles. The lowest BCUT2D eigenvalue weighted by molar-refractivity contribution is 0.269. The number of nitrogens with one attached hydrogen (secondary N) is 1. The van der Waals surface area contributed by atoms with Gasteiger partial charge in [0.2, 0.25) is 0 Å². The number of hydrogen-bond donors (Lipinski definition) is 1. The van der Waals surface area contributed by atoms with Gasteiger partial charge in [-0.25, -0.2) is 4.39 Å². The smallest absolute Gasteiger partial charge is 0.161 e. The van der Waals surface area contributed by atoms with E-state index in [0.29, 0.717) is 36.3 Å². The van der Waals surface area contributed by atoms with Crippen molar-refractivity contribution in [2.45, 2.75) is 20.1 Å². The molecule has 3 aromatic carbocycles. The number of benzene rings is 3. The molecule has 3 aromatic rings. The van der Waals surface area contributed by atoms with Gasteiger partial charge < -0.3 is 14.8 Å². The molecule has 0 spiro atoms. The maximum absolute atomic E-state index is 13.0. The monoisotopic (exact) mass is 385 g/mol. The van der Waals surface area contributed by atoms with Crippen LogP contribution in [0.15, 0.2) is 66.7 Å². The van der Waals surface area contributed by atoms with Gasteiger partial charge in [0.1, 0.15) is 12.4 Å². The van der Waals surface area contributed by atoms with Gasteiger partial charge in [0, 0.05) is 17.3 Å². The van der Waals surface area contributed by atoms with E-state index in [4.69, 9.17) is 21.1 Å². The molecule has 0 aromatic heterocycles. The van der Waals surface area contributed by atoms with Gasteiger partial charge in [-0.1, -0.05) is 35.9 Å². The minimum absolute atomic E-state index is 0.259. The van der Waals surface area contributed by atoms with Gasteiger partial charge in [-0.15, -0.1) is 0 Å². The van der Waals surface area contributed by atoms with E-state index < -0.39 is 0 Å². The summed E-state index contributed by atoms with van der Waals surface area (Å²) in [6.07, 6.45) is 0. The highest BCUT2D eigenvalue weighted by atomic mass is 35.5. The topological polar surface area (TPSA) is 30.5 Å². The van der Waals surface area contributed by atoms with Gasteiger partial charge in [-0.3, -0.25) is 0 Å². The Hall–Kier alpha value is -2.72. The van der Waals surface area contributed by atoms with Gasteiger partial charge in [0.05, 0.1) is 6.61 Å². The van der Waals surface area contributed by atoms with E-state index in [-0.39, 0.29) is 5.82 Å². The maximum atomic E-state index is 13.0. The van der Waals surface area contributed by atoms with Crippen molar-refractivity contribution in [3.63, 3.8) is 0 Å². The normalized spacial score (nSPS) is 10.5. The molecule has 0 aliphatic rings. The summed E-state index contributed by atoms with van der Waals surface area (Å²) in [5.41, 5.74) is 2.91. The first-order valence-electron chi connectivity index (χ1n) is 8.76. The van der Waals surface area contributed by atoms with Crippen molar-refractivity contribution in [3.8, 4) is 11.5 Å². The second-order valence-electron chi connectivity index (χ2n) is 5.99. The number of ether oxygens (including phenoxy) is 2. The zero-order valence-electron chi connectivity index (χ0n) is 15.0. The third-order valence-electron chi connectivity index (χ3n) is 3.94. The zero-order valence-corrected chi connectivity index (χ0v) is 15.8. The van der Waals surface area contributed by atoms with E-state index in [1.165, 1.54) is 12.1 Å². The molecule has 0 fully saturated rings. The Kier molecular flexibility index (Phi) is 6.55. The van der Waals surface area contributed by atoms with Crippen LogP contribution in [0.1, 0.15) is 18.1 Å². The molecular weight excluding hydrogens is 365 g/mol. The van der Waals surface area contributed by atoms with Crippen LogP contribution in [0.5, 0.6) is 11.5 Å². The molecule has 0 heterocycles. The second-order valence-corrected chi connectivity index (χ2v) is 6.43. The van der Waals surface area contributed by atoms with Crippen LogP contribution < -0.4 is 14.8 Å². The SMILES string of the molecule is CCOc1cc(CNc2cccc(Cl)c2)ccc1OCc1ccc(F)cc1. The first-order chi connectivity index (χ1) is 13.1. The summed E-state index contributed by atoms with van der Waals surface area (Å²) in [5, 5.41) is 4.03. The van der Waals surface area contributed by atoms with Gasteiger partial charge in [0.15, 0.2) is 11.5 Å². The molecule has 0 aliphatic heterocycles. The van der Waals surface area contributed by atoms with Crippen LogP contribution in [0, 0.1) is 5.82 Å². The summed E-state index contributed by atoms with van der Waals surface area (Å²) in [4.78, 5) is 0. The quantitative estimate of drug-likeness (QED) is 0.510. The zero-order chi connectivity index (χ0) is 19.1. The lowest BCUT2D eigenvalue weighted by Gasteiger charge is -2.14. The van der Waals surface area contributed by atoms with Crippen molar-refractivity contribution in [2.75, 3.05) is 11.9 Å². The van der Waals surface area contributed by atoms with Crippen molar-refractivity contribution in [1.82, 2.24) is 0 Å². The van der Waals surface area contributed by atoms with Crippen molar-refractivity contribution in [3.05, 3.63) is 88.7 Å². The highest BCUT2D eigenvalue weighted by molar-refractivity contribution is 6.30. The summed E-state index contributed by atoms with van der Waals surface area (Å²) in [6, 6.07) is 19.7. The summed E-state index contributed by atoms with van der Waals surface area (Å²) in [6.45, 7) is 3.46. The standard InChI is InChI=1S/C22H21ClFNO2/c1-2-26-22-12-17(14-25-20-5-3-4-18(23)13-20)8-11-21(22)27-15-16-6-9-19(24)10-7-16/h3-13,25H,2,14-15H2,1H3. The van der Waals surface area contributed by atoms with Crippen LogP contribution in [0.2, 0.25) is 5.02 Å². The highest BCUT2D eigenvalue weighted by Crippen LogP contribution is 2.30. The number of hydrogen-bond acceptors (Lipinski definition) is 3. The van der Waals surface area contributed by atoms with E-state index in [1.54, 1.807) is 12.1 Å². The van der Waals surface area contributed by atoms with E-state index in [1.807, 2.05) is 49.4 Å². The fourth-order valence-electron chi connectivity index (χ4n) is 2.59. The molecule has 0 radical (unpaired) electrons. The molecule has 140 valence electrons. The highest BCUT2D eigenvalue weighted by Gasteiger charge is 2.08. The van der Waals surface area contributed by atoms with Crippen LogP contribution >= 0.6 is 11.6 Å². The fourth-order valence-corrected chi connectivity index (χ4v) is 2.78. The molecule has 3 rings (SSSR count). The molecule has 0 atom stereocenters. The minimum Gasteiger partial charge on any atom is -0.490 e. The summed E-state index contributed by atoms with van der Waals surface area (Å²) < 4.78 is 24.6. The van der Waals surface area contributed by atoms with Crippen LogP contribution in [-0.2, 0) is 13.2 Å². The first kappa shape index (κ1) is 19.1. The van der Waals surface area contributed by atoms with E-state index >= 15 is 0 Å². The molecule has 1 N–H and O–H groups in total.